The topological polar surface area (TPSA) is 105 Å². The molecule has 43 heavy (non-hydrogen) atoms. The molecule has 1 aliphatic carbocycles. The highest BCUT2D eigenvalue weighted by Crippen LogP contribution is 2.36. The second kappa shape index (κ2) is 13.5. The minimum absolute atomic E-state index is 0.0499. The smallest absolute Gasteiger partial charge is 0.264 e. The number of sulfonamides is 1. The molecule has 2 aliphatic rings. The third-order valence-electron chi connectivity index (χ3n) is 7.95. The fourth-order valence-corrected chi connectivity index (χ4v) is 7.16. The van der Waals surface area contributed by atoms with Gasteiger partial charge in [-0.15, -0.1) is 0 Å². The van der Waals surface area contributed by atoms with Crippen LogP contribution in [0.1, 0.15) is 50.2 Å². The number of amides is 2. The SMILES string of the molecule is CCC(C(=O)NC1CCCC1)N(Cc1cccc(C)c1)C(=O)CN(c1ccc2c(c1)OCCO2)S(=O)(=O)c1ccccc1. The maximum absolute atomic E-state index is 14.3. The molecule has 1 atom stereocenters. The molecule has 1 aliphatic heterocycles. The van der Waals surface area contributed by atoms with E-state index >= 15 is 0 Å². The summed E-state index contributed by atoms with van der Waals surface area (Å²) in [6.45, 7) is 4.23. The van der Waals surface area contributed by atoms with Crippen LogP contribution in [0.3, 0.4) is 0 Å². The van der Waals surface area contributed by atoms with Crippen LogP contribution in [0.2, 0.25) is 0 Å². The Balaban J connectivity index is 1.51. The Morgan fingerprint density at radius 2 is 1.65 bits per heavy atom. The Kier molecular flexibility index (Phi) is 9.55. The number of nitrogens with zero attached hydrogens (tertiary/aromatic N) is 2. The lowest BCUT2D eigenvalue weighted by Gasteiger charge is -2.34. The first kappa shape index (κ1) is 30.4. The first-order chi connectivity index (χ1) is 20.8. The summed E-state index contributed by atoms with van der Waals surface area (Å²) in [4.78, 5) is 29.5. The van der Waals surface area contributed by atoms with Gasteiger partial charge in [0.05, 0.1) is 10.6 Å². The van der Waals surface area contributed by atoms with Crippen molar-refractivity contribution in [2.45, 2.75) is 69.5 Å². The van der Waals surface area contributed by atoms with Crippen LogP contribution in [0.4, 0.5) is 5.69 Å². The predicted molar refractivity (Wildman–Crippen MR) is 165 cm³/mol. The van der Waals surface area contributed by atoms with E-state index in [0.717, 1.165) is 41.1 Å². The van der Waals surface area contributed by atoms with Crippen molar-refractivity contribution in [3.63, 3.8) is 0 Å². The van der Waals surface area contributed by atoms with Crippen molar-refractivity contribution in [2.75, 3.05) is 24.1 Å². The van der Waals surface area contributed by atoms with Gasteiger partial charge in [0, 0.05) is 18.7 Å². The molecule has 1 fully saturated rings. The molecule has 0 bridgehead atoms. The highest BCUT2D eigenvalue weighted by molar-refractivity contribution is 7.92. The summed E-state index contributed by atoms with van der Waals surface area (Å²) in [5, 5.41) is 3.14. The van der Waals surface area contributed by atoms with Crippen LogP contribution >= 0.6 is 0 Å². The number of benzene rings is 3. The lowest BCUT2D eigenvalue weighted by Crippen LogP contribution is -2.53. The Hall–Kier alpha value is -4.05. The number of hydrogen-bond acceptors (Lipinski definition) is 6. The van der Waals surface area contributed by atoms with Crippen LogP contribution in [0.5, 0.6) is 11.5 Å². The van der Waals surface area contributed by atoms with E-state index in [2.05, 4.69) is 5.32 Å². The average molecular weight is 606 g/mol. The predicted octanol–water partition coefficient (Wildman–Crippen LogP) is 4.83. The molecular weight excluding hydrogens is 566 g/mol. The van der Waals surface area contributed by atoms with E-state index in [1.54, 1.807) is 36.4 Å². The van der Waals surface area contributed by atoms with Gasteiger partial charge in [0.1, 0.15) is 25.8 Å². The Labute approximate surface area is 253 Å². The molecule has 0 aromatic heterocycles. The van der Waals surface area contributed by atoms with E-state index in [9.17, 15) is 18.0 Å². The summed E-state index contributed by atoms with van der Waals surface area (Å²) in [5.41, 5.74) is 2.15. The number of fused-ring (bicyclic) bond motifs is 1. The molecule has 9 nitrogen and oxygen atoms in total. The van der Waals surface area contributed by atoms with Crippen molar-refractivity contribution >= 4 is 27.5 Å². The van der Waals surface area contributed by atoms with Crippen LogP contribution in [-0.2, 0) is 26.2 Å². The summed E-state index contributed by atoms with van der Waals surface area (Å²) in [6.07, 6.45) is 4.35. The lowest BCUT2D eigenvalue weighted by atomic mass is 10.1. The molecule has 1 heterocycles. The standard InChI is InChI=1S/C33H39N3O6S/c1-3-29(33(38)34-26-12-7-8-13-26)35(22-25-11-9-10-24(2)20-25)32(37)23-36(43(39,40)28-14-5-4-6-15-28)27-16-17-30-31(21-27)42-19-18-41-30/h4-6,9-11,14-17,20-21,26,29H,3,7-8,12-13,18-19,22-23H2,1-2H3,(H,34,38). The van der Waals surface area contributed by atoms with Crippen molar-refractivity contribution in [3.05, 3.63) is 83.9 Å². The fourth-order valence-electron chi connectivity index (χ4n) is 5.73. The van der Waals surface area contributed by atoms with Crippen molar-refractivity contribution in [1.82, 2.24) is 10.2 Å². The number of hydrogen-bond donors (Lipinski definition) is 1. The number of ether oxygens (including phenoxy) is 2. The highest BCUT2D eigenvalue weighted by atomic mass is 32.2. The molecule has 1 N–H and O–H groups in total. The van der Waals surface area contributed by atoms with Crippen molar-refractivity contribution in [3.8, 4) is 11.5 Å². The molecule has 0 radical (unpaired) electrons. The van der Waals surface area contributed by atoms with Crippen LogP contribution in [0, 0.1) is 6.92 Å². The van der Waals surface area contributed by atoms with Crippen molar-refractivity contribution in [1.29, 1.82) is 0 Å². The summed E-state index contributed by atoms with van der Waals surface area (Å²) < 4.78 is 40.6. The first-order valence-electron chi connectivity index (χ1n) is 14.9. The van der Waals surface area contributed by atoms with E-state index in [1.165, 1.54) is 17.0 Å². The van der Waals surface area contributed by atoms with E-state index < -0.39 is 28.5 Å². The first-order valence-corrected chi connectivity index (χ1v) is 16.3. The molecule has 0 saturated heterocycles. The van der Waals surface area contributed by atoms with Gasteiger partial charge in [0.2, 0.25) is 11.8 Å². The molecule has 1 saturated carbocycles. The summed E-state index contributed by atoms with van der Waals surface area (Å²) in [5.74, 6) is 0.217. The van der Waals surface area contributed by atoms with Gasteiger partial charge in [0.25, 0.3) is 10.0 Å². The maximum atomic E-state index is 14.3. The minimum Gasteiger partial charge on any atom is -0.486 e. The van der Waals surface area contributed by atoms with Gasteiger partial charge in [-0.3, -0.25) is 13.9 Å². The summed E-state index contributed by atoms with van der Waals surface area (Å²) in [7, 11) is -4.17. The van der Waals surface area contributed by atoms with Gasteiger partial charge in [-0.25, -0.2) is 8.42 Å². The van der Waals surface area contributed by atoms with Crippen molar-refractivity contribution in [2.24, 2.45) is 0 Å². The van der Waals surface area contributed by atoms with Gasteiger partial charge >= 0.3 is 0 Å². The molecule has 3 aromatic carbocycles. The summed E-state index contributed by atoms with van der Waals surface area (Å²) in [6, 6.07) is 19.9. The number of rotatable bonds is 11. The zero-order valence-electron chi connectivity index (χ0n) is 24.7. The van der Waals surface area contributed by atoms with Gasteiger partial charge in [-0.1, -0.05) is 67.8 Å². The molecular formula is C33H39N3O6S. The van der Waals surface area contributed by atoms with E-state index in [-0.39, 0.29) is 29.1 Å². The molecule has 1 unspecified atom stereocenters. The molecule has 5 rings (SSSR count). The molecule has 2 amide bonds. The minimum atomic E-state index is -4.17. The fraction of sp³-hybridized carbons (Fsp3) is 0.394. The van der Waals surface area contributed by atoms with E-state index in [4.69, 9.17) is 9.47 Å². The van der Waals surface area contributed by atoms with Crippen LogP contribution < -0.4 is 19.1 Å². The highest BCUT2D eigenvalue weighted by Gasteiger charge is 2.35. The van der Waals surface area contributed by atoms with Gasteiger partial charge in [-0.05, 0) is 56.0 Å². The van der Waals surface area contributed by atoms with Gasteiger partial charge in [0.15, 0.2) is 11.5 Å². The van der Waals surface area contributed by atoms with Crippen molar-refractivity contribution < 1.29 is 27.5 Å². The normalized spacial score (nSPS) is 15.5. The van der Waals surface area contributed by atoms with E-state index in [1.807, 2.05) is 38.1 Å². The summed E-state index contributed by atoms with van der Waals surface area (Å²) >= 11 is 0. The third-order valence-corrected chi connectivity index (χ3v) is 9.73. The third kappa shape index (κ3) is 7.13. The Morgan fingerprint density at radius 1 is 0.930 bits per heavy atom. The zero-order valence-corrected chi connectivity index (χ0v) is 25.5. The zero-order chi connectivity index (χ0) is 30.4. The monoisotopic (exact) mass is 605 g/mol. The molecule has 3 aromatic rings. The van der Waals surface area contributed by atoms with Crippen LogP contribution in [0.25, 0.3) is 0 Å². The number of aryl methyl sites for hydroxylation is 1. The van der Waals surface area contributed by atoms with Gasteiger partial charge < -0.3 is 19.7 Å². The molecule has 0 spiro atoms. The number of carbonyl (C=O) groups is 2. The largest absolute Gasteiger partial charge is 0.486 e. The molecule has 228 valence electrons. The number of carbonyl (C=O) groups excluding carboxylic acids is 2. The second-order valence-corrected chi connectivity index (χ2v) is 12.9. The lowest BCUT2D eigenvalue weighted by molar-refractivity contribution is -0.140. The van der Waals surface area contributed by atoms with Crippen LogP contribution in [0.15, 0.2) is 77.7 Å². The number of nitrogens with one attached hydrogen (secondary N) is 1. The van der Waals surface area contributed by atoms with E-state index in [0.29, 0.717) is 31.1 Å². The number of anilines is 1. The molecule has 10 heteroatoms. The maximum Gasteiger partial charge on any atom is 0.264 e. The second-order valence-electron chi connectivity index (χ2n) is 11.1. The quantitative estimate of drug-likeness (QED) is 0.336. The Bertz CT molecular complexity index is 1540. The Morgan fingerprint density at radius 3 is 2.35 bits per heavy atom. The van der Waals surface area contributed by atoms with Crippen LogP contribution in [-0.4, -0.2) is 57.0 Å². The average Bonchev–Trinajstić information content (AvgIpc) is 3.53. The van der Waals surface area contributed by atoms with Gasteiger partial charge in [-0.2, -0.15) is 0 Å².